The largest absolute Gasteiger partial charge is 0.317 e. The minimum absolute atomic E-state index is 0. The summed E-state index contributed by atoms with van der Waals surface area (Å²) < 4.78 is 0. The van der Waals surface area contributed by atoms with E-state index in [0.717, 1.165) is 29.7 Å². The molecule has 0 saturated carbocycles. The summed E-state index contributed by atoms with van der Waals surface area (Å²) in [5.74, 6) is 0.825. The van der Waals surface area contributed by atoms with Crippen LogP contribution in [0.15, 0.2) is 17.4 Å². The third-order valence-electron chi connectivity index (χ3n) is 3.38. The number of halogens is 1. The molecule has 0 amide bonds. The van der Waals surface area contributed by atoms with E-state index in [2.05, 4.69) is 33.5 Å². The summed E-state index contributed by atoms with van der Waals surface area (Å²) in [7, 11) is 2.18. The summed E-state index contributed by atoms with van der Waals surface area (Å²) in [6, 6.07) is 0. The Morgan fingerprint density at radius 2 is 2.00 bits per heavy atom. The van der Waals surface area contributed by atoms with Crippen LogP contribution >= 0.6 is 24.2 Å². The van der Waals surface area contributed by atoms with Gasteiger partial charge in [-0.25, -0.2) is 4.98 Å². The molecule has 1 aliphatic heterocycles. The quantitative estimate of drug-likeness (QED) is 0.843. The van der Waals surface area contributed by atoms with Gasteiger partial charge in [0.25, 0.3) is 0 Å². The van der Waals surface area contributed by atoms with Gasteiger partial charge in [0, 0.05) is 25.5 Å². The van der Waals surface area contributed by atoms with Gasteiger partial charge >= 0.3 is 0 Å². The van der Waals surface area contributed by atoms with Crippen molar-refractivity contribution in [2.75, 3.05) is 32.9 Å². The molecule has 19 heavy (non-hydrogen) atoms. The molecule has 6 heteroatoms. The molecule has 1 aromatic rings. The number of hydrogen-bond donors (Lipinski definition) is 1. The Bertz CT molecular complexity index is 371. The van der Waals surface area contributed by atoms with E-state index in [0.29, 0.717) is 0 Å². The fourth-order valence-electron chi connectivity index (χ4n) is 2.46. The van der Waals surface area contributed by atoms with Gasteiger partial charge in [-0.15, -0.1) is 24.2 Å². The molecule has 1 saturated heterocycles. The topological polar surface area (TPSA) is 41.1 Å². The van der Waals surface area contributed by atoms with Crippen LogP contribution in [0.5, 0.6) is 0 Å². The molecular weight excluding hydrogens is 280 g/mol. The number of thioether (sulfide) groups is 1. The van der Waals surface area contributed by atoms with Crippen molar-refractivity contribution < 1.29 is 0 Å². The molecule has 1 aromatic heterocycles. The van der Waals surface area contributed by atoms with Gasteiger partial charge in [0.2, 0.25) is 0 Å². The van der Waals surface area contributed by atoms with Crippen molar-refractivity contribution in [2.45, 2.75) is 24.4 Å². The Morgan fingerprint density at radius 3 is 2.68 bits per heavy atom. The first-order chi connectivity index (χ1) is 8.79. The zero-order valence-electron chi connectivity index (χ0n) is 11.6. The van der Waals surface area contributed by atoms with E-state index in [9.17, 15) is 0 Å². The summed E-state index contributed by atoms with van der Waals surface area (Å²) in [6.45, 7) is 4.39. The fraction of sp³-hybridized carbons (Fsp3) is 0.692. The van der Waals surface area contributed by atoms with Gasteiger partial charge in [-0.3, -0.25) is 4.98 Å². The second-order valence-corrected chi connectivity index (χ2v) is 5.70. The lowest BCUT2D eigenvalue weighted by Gasteiger charge is -2.27. The molecule has 4 nitrogen and oxygen atoms in total. The second kappa shape index (κ2) is 8.74. The molecule has 0 aromatic carbocycles. The van der Waals surface area contributed by atoms with Crippen LogP contribution in [0.3, 0.4) is 0 Å². The molecule has 2 heterocycles. The summed E-state index contributed by atoms with van der Waals surface area (Å²) in [4.78, 5) is 11.2. The monoisotopic (exact) mass is 302 g/mol. The van der Waals surface area contributed by atoms with Crippen LogP contribution in [-0.2, 0) is 6.54 Å². The number of rotatable bonds is 5. The minimum atomic E-state index is 0. The van der Waals surface area contributed by atoms with E-state index in [1.165, 1.54) is 25.9 Å². The third kappa shape index (κ3) is 5.26. The van der Waals surface area contributed by atoms with E-state index >= 15 is 0 Å². The van der Waals surface area contributed by atoms with E-state index in [4.69, 9.17) is 0 Å². The molecule has 1 aliphatic rings. The van der Waals surface area contributed by atoms with Gasteiger partial charge in [-0.1, -0.05) is 0 Å². The number of nitrogens with zero attached hydrogens (tertiary/aromatic N) is 3. The Kier molecular flexibility index (Phi) is 7.68. The molecule has 1 N–H and O–H groups in total. The van der Waals surface area contributed by atoms with Crippen molar-refractivity contribution in [2.24, 2.45) is 5.92 Å². The highest BCUT2D eigenvalue weighted by molar-refractivity contribution is 7.98. The maximum absolute atomic E-state index is 4.45. The molecule has 0 atom stereocenters. The van der Waals surface area contributed by atoms with Crippen molar-refractivity contribution >= 4 is 24.2 Å². The average Bonchev–Trinajstić information content (AvgIpc) is 2.40. The van der Waals surface area contributed by atoms with Crippen molar-refractivity contribution in [1.82, 2.24) is 20.2 Å². The highest BCUT2D eigenvalue weighted by Gasteiger charge is 2.16. The summed E-state index contributed by atoms with van der Waals surface area (Å²) in [5, 5.41) is 4.46. The number of nitrogens with one attached hydrogen (secondary N) is 1. The molecule has 0 bridgehead atoms. The zero-order chi connectivity index (χ0) is 12.8. The highest BCUT2D eigenvalue weighted by atomic mass is 35.5. The lowest BCUT2D eigenvalue weighted by Crippen LogP contribution is -2.34. The first-order valence-electron chi connectivity index (χ1n) is 6.52. The zero-order valence-corrected chi connectivity index (χ0v) is 13.3. The van der Waals surface area contributed by atoms with Crippen LogP contribution in [-0.4, -0.2) is 47.8 Å². The molecule has 0 unspecified atom stereocenters. The Balaban J connectivity index is 0.00000180. The molecule has 1 fully saturated rings. The number of hydrogen-bond acceptors (Lipinski definition) is 5. The third-order valence-corrected chi connectivity index (χ3v) is 4.11. The molecule has 108 valence electrons. The Morgan fingerprint density at radius 1 is 1.32 bits per heavy atom. The lowest BCUT2D eigenvalue weighted by molar-refractivity contribution is 0.231. The van der Waals surface area contributed by atoms with Crippen LogP contribution in [0.4, 0.5) is 0 Å². The van der Waals surface area contributed by atoms with Gasteiger partial charge in [0.15, 0.2) is 0 Å². The summed E-state index contributed by atoms with van der Waals surface area (Å²) in [5.41, 5.74) is 1.10. The van der Waals surface area contributed by atoms with Gasteiger partial charge < -0.3 is 10.2 Å². The normalized spacial score (nSPS) is 16.4. The van der Waals surface area contributed by atoms with Crippen LogP contribution in [0, 0.1) is 5.92 Å². The predicted molar refractivity (Wildman–Crippen MR) is 83.0 cm³/mol. The van der Waals surface area contributed by atoms with Crippen molar-refractivity contribution in [3.8, 4) is 0 Å². The van der Waals surface area contributed by atoms with Crippen LogP contribution in [0.25, 0.3) is 0 Å². The predicted octanol–water partition coefficient (Wildman–Crippen LogP) is 2.05. The summed E-state index contributed by atoms with van der Waals surface area (Å²) >= 11 is 1.67. The SMILES string of the molecule is CSc1nccnc1CN(C)CC1CCNCC1.Cl. The first kappa shape index (κ1) is 16.7. The first-order valence-corrected chi connectivity index (χ1v) is 7.75. The number of piperidine rings is 1. The van der Waals surface area contributed by atoms with Crippen LogP contribution in [0.1, 0.15) is 18.5 Å². The average molecular weight is 303 g/mol. The minimum Gasteiger partial charge on any atom is -0.317 e. The maximum Gasteiger partial charge on any atom is 0.119 e. The van der Waals surface area contributed by atoms with E-state index in [-0.39, 0.29) is 12.4 Å². The standard InChI is InChI=1S/C13H22N4S.ClH/c1-17(9-11-3-5-14-6-4-11)10-12-13(18-2)16-8-7-15-12;/h7-8,11,14H,3-6,9-10H2,1-2H3;1H. The number of aromatic nitrogens is 2. The lowest BCUT2D eigenvalue weighted by atomic mass is 9.98. The Hall–Kier alpha value is -0.360. The molecule has 0 spiro atoms. The molecule has 0 radical (unpaired) electrons. The fourth-order valence-corrected chi connectivity index (χ4v) is 2.98. The maximum atomic E-state index is 4.45. The second-order valence-electron chi connectivity index (χ2n) is 4.90. The Labute approximate surface area is 126 Å². The molecular formula is C13H23ClN4S. The molecule has 0 aliphatic carbocycles. The van der Waals surface area contributed by atoms with Gasteiger partial charge in [-0.05, 0) is 45.2 Å². The van der Waals surface area contributed by atoms with Gasteiger partial charge in [0.1, 0.15) is 5.03 Å². The highest BCUT2D eigenvalue weighted by Crippen LogP contribution is 2.18. The van der Waals surface area contributed by atoms with Crippen molar-refractivity contribution in [3.63, 3.8) is 0 Å². The van der Waals surface area contributed by atoms with Crippen molar-refractivity contribution in [1.29, 1.82) is 0 Å². The van der Waals surface area contributed by atoms with Crippen molar-refractivity contribution in [3.05, 3.63) is 18.1 Å². The molecule has 2 rings (SSSR count). The van der Waals surface area contributed by atoms with Crippen LogP contribution in [0.2, 0.25) is 0 Å². The van der Waals surface area contributed by atoms with E-state index in [1.54, 1.807) is 24.2 Å². The van der Waals surface area contributed by atoms with E-state index < -0.39 is 0 Å². The van der Waals surface area contributed by atoms with E-state index in [1.807, 2.05) is 0 Å². The van der Waals surface area contributed by atoms with Crippen LogP contribution < -0.4 is 5.32 Å². The van der Waals surface area contributed by atoms with Gasteiger partial charge in [0.05, 0.1) is 5.69 Å². The van der Waals surface area contributed by atoms with Gasteiger partial charge in [-0.2, -0.15) is 0 Å². The summed E-state index contributed by atoms with van der Waals surface area (Å²) in [6.07, 6.45) is 8.19. The smallest absolute Gasteiger partial charge is 0.119 e.